The zero-order valence-electron chi connectivity index (χ0n) is 14.9. The zero-order chi connectivity index (χ0) is 17.4. The highest BCUT2D eigenvalue weighted by Crippen LogP contribution is 2.25. The summed E-state index contributed by atoms with van der Waals surface area (Å²) in [7, 11) is 1.68. The number of methoxy groups -OCH3 is 1. The second kappa shape index (κ2) is 6.37. The fourth-order valence-corrected chi connectivity index (χ4v) is 3.49. The molecule has 1 fully saturated rings. The summed E-state index contributed by atoms with van der Waals surface area (Å²) in [5.74, 6) is 0.825. The van der Waals surface area contributed by atoms with Crippen LogP contribution in [0, 0.1) is 13.8 Å². The fraction of sp³-hybridized carbons (Fsp3) is 0.368. The van der Waals surface area contributed by atoms with Crippen LogP contribution in [0.25, 0.3) is 5.69 Å². The minimum atomic E-state index is 0.484. The summed E-state index contributed by atoms with van der Waals surface area (Å²) < 4.78 is 9.46. The summed E-state index contributed by atoms with van der Waals surface area (Å²) in [6.07, 6.45) is 4.01. The van der Waals surface area contributed by atoms with E-state index in [-0.39, 0.29) is 0 Å². The molecule has 1 aliphatic heterocycles. The van der Waals surface area contributed by atoms with Crippen LogP contribution in [-0.2, 0) is 6.54 Å². The Balaban J connectivity index is 1.41. The number of aryl methyl sites for hydroxylation is 2. The third-order valence-corrected chi connectivity index (χ3v) is 4.70. The predicted octanol–water partition coefficient (Wildman–Crippen LogP) is 2.75. The normalized spacial score (nSPS) is 15.3. The third kappa shape index (κ3) is 3.05. The molecule has 1 saturated heterocycles. The van der Waals surface area contributed by atoms with Gasteiger partial charge in [0.2, 0.25) is 0 Å². The van der Waals surface area contributed by atoms with E-state index in [0.717, 1.165) is 36.8 Å². The van der Waals surface area contributed by atoms with Crippen LogP contribution >= 0.6 is 0 Å². The van der Waals surface area contributed by atoms with E-state index < -0.39 is 0 Å². The first kappa shape index (κ1) is 15.9. The molecule has 6 nitrogen and oxygen atoms in total. The first-order valence-electron chi connectivity index (χ1n) is 8.56. The van der Waals surface area contributed by atoms with Crippen molar-refractivity contribution in [2.45, 2.75) is 26.4 Å². The molecule has 1 aromatic carbocycles. The van der Waals surface area contributed by atoms with Gasteiger partial charge in [0.1, 0.15) is 11.4 Å². The van der Waals surface area contributed by atoms with Gasteiger partial charge in [-0.25, -0.2) is 4.68 Å². The molecule has 6 heteroatoms. The van der Waals surface area contributed by atoms with Crippen LogP contribution in [0.5, 0.6) is 5.75 Å². The number of benzene rings is 1. The van der Waals surface area contributed by atoms with Gasteiger partial charge in [-0.15, -0.1) is 0 Å². The van der Waals surface area contributed by atoms with Gasteiger partial charge in [-0.1, -0.05) is 12.1 Å². The maximum absolute atomic E-state index is 5.42. The van der Waals surface area contributed by atoms with Crippen LogP contribution < -0.4 is 4.74 Å². The molecular formula is C19H23N5O. The maximum atomic E-state index is 5.42. The molecule has 0 N–H and O–H groups in total. The molecule has 1 aliphatic rings. The summed E-state index contributed by atoms with van der Waals surface area (Å²) >= 11 is 0. The number of hydrogen-bond acceptors (Lipinski definition) is 4. The zero-order valence-corrected chi connectivity index (χ0v) is 14.9. The lowest BCUT2D eigenvalue weighted by Gasteiger charge is -2.39. The highest BCUT2D eigenvalue weighted by molar-refractivity contribution is 5.46. The molecule has 0 radical (unpaired) electrons. The third-order valence-electron chi connectivity index (χ3n) is 4.70. The van der Waals surface area contributed by atoms with Gasteiger partial charge in [0.05, 0.1) is 25.0 Å². The molecule has 2 aromatic heterocycles. The molecule has 0 amide bonds. The number of aromatic nitrogens is 4. The summed E-state index contributed by atoms with van der Waals surface area (Å²) in [5, 5.41) is 9.09. The molecule has 0 aliphatic carbocycles. The molecule has 25 heavy (non-hydrogen) atoms. The van der Waals surface area contributed by atoms with E-state index in [0.29, 0.717) is 6.04 Å². The Morgan fingerprint density at radius 1 is 1.20 bits per heavy atom. The van der Waals surface area contributed by atoms with Gasteiger partial charge < -0.3 is 4.74 Å². The Bertz CT molecular complexity index is 876. The minimum absolute atomic E-state index is 0.484. The largest absolute Gasteiger partial charge is 0.494 e. The van der Waals surface area contributed by atoms with E-state index in [9.17, 15) is 0 Å². The van der Waals surface area contributed by atoms with Crippen molar-refractivity contribution in [3.8, 4) is 11.4 Å². The molecule has 0 atom stereocenters. The van der Waals surface area contributed by atoms with E-state index in [1.54, 1.807) is 7.11 Å². The van der Waals surface area contributed by atoms with Crippen molar-refractivity contribution >= 4 is 0 Å². The second-order valence-corrected chi connectivity index (χ2v) is 6.68. The van der Waals surface area contributed by atoms with Gasteiger partial charge in [0.25, 0.3) is 0 Å². The van der Waals surface area contributed by atoms with Crippen molar-refractivity contribution in [2.75, 3.05) is 20.2 Å². The first-order chi connectivity index (χ1) is 12.1. The fourth-order valence-electron chi connectivity index (χ4n) is 3.49. The molecule has 3 heterocycles. The van der Waals surface area contributed by atoms with E-state index in [4.69, 9.17) is 4.74 Å². The maximum Gasteiger partial charge on any atom is 0.144 e. The van der Waals surface area contributed by atoms with Crippen LogP contribution in [0.3, 0.4) is 0 Å². The van der Waals surface area contributed by atoms with E-state index in [1.165, 1.54) is 11.3 Å². The summed E-state index contributed by atoms with van der Waals surface area (Å²) in [6, 6.07) is 10.5. The minimum Gasteiger partial charge on any atom is -0.494 e. The molecule has 3 aromatic rings. The van der Waals surface area contributed by atoms with Crippen LogP contribution in [0.1, 0.15) is 23.0 Å². The van der Waals surface area contributed by atoms with Crippen molar-refractivity contribution in [1.82, 2.24) is 24.5 Å². The van der Waals surface area contributed by atoms with Crippen LogP contribution in [0.2, 0.25) is 0 Å². The van der Waals surface area contributed by atoms with Crippen molar-refractivity contribution < 1.29 is 4.74 Å². The Kier molecular flexibility index (Phi) is 4.05. The molecule has 0 spiro atoms. The van der Waals surface area contributed by atoms with E-state index in [1.807, 2.05) is 42.1 Å². The van der Waals surface area contributed by atoms with Gasteiger partial charge >= 0.3 is 0 Å². The smallest absolute Gasteiger partial charge is 0.144 e. The molecule has 0 unspecified atom stereocenters. The number of para-hydroxylation sites is 2. The molecule has 0 bridgehead atoms. The number of rotatable bonds is 5. The lowest BCUT2D eigenvalue weighted by molar-refractivity contribution is 0.0893. The quantitative estimate of drug-likeness (QED) is 0.718. The highest BCUT2D eigenvalue weighted by atomic mass is 16.5. The first-order valence-corrected chi connectivity index (χ1v) is 8.56. The Hall–Kier alpha value is -2.60. The summed E-state index contributed by atoms with van der Waals surface area (Å²) in [4.78, 5) is 2.42. The van der Waals surface area contributed by atoms with Crippen LogP contribution in [0.15, 0.2) is 42.7 Å². The van der Waals surface area contributed by atoms with E-state index >= 15 is 0 Å². The lowest BCUT2D eigenvalue weighted by Crippen LogP contribution is -2.47. The van der Waals surface area contributed by atoms with Gasteiger partial charge in [-0.2, -0.15) is 10.2 Å². The molecular weight excluding hydrogens is 314 g/mol. The summed E-state index contributed by atoms with van der Waals surface area (Å²) in [5.41, 5.74) is 4.50. The Labute approximate surface area is 147 Å². The summed E-state index contributed by atoms with van der Waals surface area (Å²) in [6.45, 7) is 7.14. The number of ether oxygens (including phenoxy) is 1. The van der Waals surface area contributed by atoms with Gasteiger partial charge in [-0.05, 0) is 32.0 Å². The monoisotopic (exact) mass is 337 g/mol. The van der Waals surface area contributed by atoms with Crippen molar-refractivity contribution in [3.63, 3.8) is 0 Å². The standard InChI is InChI=1S/C19H23N5O/c1-14-8-15(2)24(21-14)17-12-22(13-17)10-16-9-20-23(11-16)18-6-4-5-7-19(18)25-3/h4-9,11,17H,10,12-13H2,1-3H3. The van der Waals surface area contributed by atoms with Crippen molar-refractivity contribution in [3.05, 3.63) is 59.7 Å². The topological polar surface area (TPSA) is 48.1 Å². The van der Waals surface area contributed by atoms with Crippen LogP contribution in [-0.4, -0.2) is 44.7 Å². The average Bonchev–Trinajstić information content (AvgIpc) is 3.16. The number of nitrogens with zero attached hydrogens (tertiary/aromatic N) is 5. The second-order valence-electron chi connectivity index (χ2n) is 6.68. The van der Waals surface area contributed by atoms with Gasteiger partial charge in [0, 0.05) is 37.1 Å². The molecule has 130 valence electrons. The van der Waals surface area contributed by atoms with Crippen molar-refractivity contribution in [2.24, 2.45) is 0 Å². The van der Waals surface area contributed by atoms with Crippen LogP contribution in [0.4, 0.5) is 0 Å². The Morgan fingerprint density at radius 2 is 2.00 bits per heavy atom. The molecule has 0 saturated carbocycles. The SMILES string of the molecule is COc1ccccc1-n1cc(CN2CC(n3nc(C)cc3C)C2)cn1. The predicted molar refractivity (Wildman–Crippen MR) is 96.1 cm³/mol. The molecule has 4 rings (SSSR count). The average molecular weight is 337 g/mol. The number of hydrogen-bond donors (Lipinski definition) is 0. The Morgan fingerprint density at radius 3 is 2.72 bits per heavy atom. The van der Waals surface area contributed by atoms with E-state index in [2.05, 4.69) is 39.0 Å². The lowest BCUT2D eigenvalue weighted by atomic mass is 10.1. The number of likely N-dealkylation sites (tertiary alicyclic amines) is 1. The van der Waals surface area contributed by atoms with Crippen molar-refractivity contribution in [1.29, 1.82) is 0 Å². The van der Waals surface area contributed by atoms with Gasteiger partial charge in [0.15, 0.2) is 0 Å². The van der Waals surface area contributed by atoms with Gasteiger partial charge in [-0.3, -0.25) is 9.58 Å². The highest BCUT2D eigenvalue weighted by Gasteiger charge is 2.29.